The van der Waals surface area contributed by atoms with Gasteiger partial charge in [-0.2, -0.15) is 9.97 Å². The van der Waals surface area contributed by atoms with Crippen molar-refractivity contribution in [3.63, 3.8) is 0 Å². The number of fused-ring (bicyclic) bond motifs is 3. The summed E-state index contributed by atoms with van der Waals surface area (Å²) in [4.78, 5) is 20.2. The van der Waals surface area contributed by atoms with Gasteiger partial charge in [-0.1, -0.05) is 0 Å². The van der Waals surface area contributed by atoms with Crippen LogP contribution in [0.25, 0.3) is 21.9 Å². The third-order valence-electron chi connectivity index (χ3n) is 6.79. The number of benzene rings is 1. The normalized spacial score (nSPS) is 19.0. The van der Waals surface area contributed by atoms with Gasteiger partial charge in [0.05, 0.1) is 22.8 Å². The Hall–Kier alpha value is -3.11. The zero-order chi connectivity index (χ0) is 22.7. The highest BCUT2D eigenvalue weighted by Crippen LogP contribution is 2.53. The fraction of sp³-hybridized carbons (Fsp3) is 0.348. The van der Waals surface area contributed by atoms with Crippen LogP contribution in [0.2, 0.25) is 0 Å². The first-order chi connectivity index (χ1) is 16.0. The van der Waals surface area contributed by atoms with Gasteiger partial charge in [-0.15, -0.1) is 11.8 Å². The van der Waals surface area contributed by atoms with Crippen molar-refractivity contribution in [2.45, 2.75) is 23.8 Å². The van der Waals surface area contributed by atoms with Gasteiger partial charge < -0.3 is 25.7 Å². The molecule has 2 fully saturated rings. The second-order valence-electron chi connectivity index (χ2n) is 8.82. The molecular weight excluding hydrogens is 441 g/mol. The van der Waals surface area contributed by atoms with Crippen molar-refractivity contribution in [3.8, 4) is 11.8 Å². The Balaban J connectivity index is 1.53. The minimum absolute atomic E-state index is 0.0872. The highest BCUT2D eigenvalue weighted by atomic mass is 32.2. The molecule has 6 rings (SSSR count). The number of aromatic nitrogens is 4. The van der Waals surface area contributed by atoms with Gasteiger partial charge >= 0.3 is 6.01 Å². The van der Waals surface area contributed by atoms with E-state index in [1.165, 1.54) is 12.1 Å². The summed E-state index contributed by atoms with van der Waals surface area (Å²) in [7, 11) is 1.77. The lowest BCUT2D eigenvalue weighted by Crippen LogP contribution is -2.30. The molecule has 10 heteroatoms. The molecule has 0 bridgehead atoms. The molecule has 4 aromatic rings. The van der Waals surface area contributed by atoms with Gasteiger partial charge in [0.1, 0.15) is 17.3 Å². The van der Waals surface area contributed by atoms with E-state index in [9.17, 15) is 4.39 Å². The first-order valence-electron chi connectivity index (χ1n) is 10.9. The van der Waals surface area contributed by atoms with Crippen LogP contribution in [0.15, 0.2) is 35.5 Å². The fourth-order valence-corrected chi connectivity index (χ4v) is 5.21. The van der Waals surface area contributed by atoms with Crippen molar-refractivity contribution in [1.82, 2.24) is 19.9 Å². The molecule has 1 aromatic carbocycles. The van der Waals surface area contributed by atoms with Crippen molar-refractivity contribution in [2.75, 3.05) is 36.6 Å². The summed E-state index contributed by atoms with van der Waals surface area (Å²) in [6.45, 7) is 1.51. The summed E-state index contributed by atoms with van der Waals surface area (Å²) in [5.41, 5.74) is 8.67. The lowest BCUT2D eigenvalue weighted by atomic mass is 10.0. The molecular formula is C23H24FN7OS. The van der Waals surface area contributed by atoms with Crippen LogP contribution in [0.1, 0.15) is 12.8 Å². The molecule has 0 radical (unpaired) electrons. The van der Waals surface area contributed by atoms with E-state index < -0.39 is 0 Å². The van der Waals surface area contributed by atoms with Crippen LogP contribution in [-0.4, -0.2) is 52.4 Å². The van der Waals surface area contributed by atoms with Crippen molar-refractivity contribution < 1.29 is 9.13 Å². The molecule has 1 aliphatic heterocycles. The number of pyridine rings is 1. The van der Waals surface area contributed by atoms with E-state index >= 15 is 0 Å². The summed E-state index contributed by atoms with van der Waals surface area (Å²) in [5.74, 6) is 0.944. The van der Waals surface area contributed by atoms with E-state index in [1.807, 2.05) is 12.3 Å². The first-order valence-corrected chi connectivity index (χ1v) is 12.1. The van der Waals surface area contributed by atoms with Crippen LogP contribution < -0.4 is 20.7 Å². The van der Waals surface area contributed by atoms with Crippen molar-refractivity contribution in [3.05, 3.63) is 36.4 Å². The van der Waals surface area contributed by atoms with E-state index in [-0.39, 0.29) is 23.3 Å². The fourth-order valence-electron chi connectivity index (χ4n) is 4.81. The largest absolute Gasteiger partial charge is 0.423 e. The monoisotopic (exact) mass is 465 g/mol. The molecule has 170 valence electrons. The predicted octanol–water partition coefficient (Wildman–Crippen LogP) is 4.13. The number of nitrogens with zero attached hydrogens (tertiary/aromatic N) is 4. The number of rotatable bonds is 5. The van der Waals surface area contributed by atoms with Crippen LogP contribution in [0, 0.1) is 11.2 Å². The van der Waals surface area contributed by atoms with Crippen LogP contribution >= 0.6 is 11.8 Å². The lowest BCUT2D eigenvalue weighted by molar-refractivity contribution is 0.440. The van der Waals surface area contributed by atoms with Crippen LogP contribution in [0.5, 0.6) is 11.8 Å². The number of thioether (sulfide) groups is 1. The van der Waals surface area contributed by atoms with Gasteiger partial charge in [-0.3, -0.25) is 4.98 Å². The van der Waals surface area contributed by atoms with Crippen LogP contribution in [0.3, 0.4) is 0 Å². The summed E-state index contributed by atoms with van der Waals surface area (Å²) >= 11 is 1.58. The Kier molecular flexibility index (Phi) is 4.63. The lowest BCUT2D eigenvalue weighted by Gasteiger charge is -2.19. The van der Waals surface area contributed by atoms with Gasteiger partial charge in [0.15, 0.2) is 5.75 Å². The minimum Gasteiger partial charge on any atom is -0.423 e. The van der Waals surface area contributed by atoms with Gasteiger partial charge in [0.2, 0.25) is 0 Å². The average molecular weight is 466 g/mol. The van der Waals surface area contributed by atoms with Gasteiger partial charge in [-0.05, 0) is 37.3 Å². The summed E-state index contributed by atoms with van der Waals surface area (Å²) in [5, 5.41) is 4.56. The van der Waals surface area contributed by atoms with Crippen molar-refractivity contribution >= 4 is 45.2 Å². The predicted molar refractivity (Wildman–Crippen MR) is 129 cm³/mol. The van der Waals surface area contributed by atoms with Gasteiger partial charge in [0, 0.05) is 48.1 Å². The number of halogens is 1. The maximum Gasteiger partial charge on any atom is 0.326 e. The average Bonchev–Trinajstić information content (AvgIpc) is 3.40. The minimum atomic E-state index is -0.323. The number of anilines is 2. The third-order valence-corrected chi connectivity index (χ3v) is 7.48. The first kappa shape index (κ1) is 20.5. The van der Waals surface area contributed by atoms with E-state index in [1.54, 1.807) is 31.2 Å². The Labute approximate surface area is 194 Å². The Morgan fingerprint density at radius 3 is 2.85 bits per heavy atom. The molecule has 0 amide bonds. The summed E-state index contributed by atoms with van der Waals surface area (Å²) in [6, 6.07) is 5.18. The number of ether oxygens (including phenoxy) is 1. The van der Waals surface area contributed by atoms with Crippen molar-refractivity contribution in [2.24, 2.45) is 11.1 Å². The van der Waals surface area contributed by atoms with E-state index in [4.69, 9.17) is 15.5 Å². The smallest absolute Gasteiger partial charge is 0.326 e. The van der Waals surface area contributed by atoms with E-state index in [2.05, 4.69) is 25.2 Å². The molecule has 8 nitrogen and oxygen atoms in total. The maximum atomic E-state index is 14.5. The topological polar surface area (TPSA) is 105 Å². The van der Waals surface area contributed by atoms with Gasteiger partial charge in [-0.25, -0.2) is 4.39 Å². The van der Waals surface area contributed by atoms with E-state index in [0.29, 0.717) is 29.4 Å². The number of nitrogens with two attached hydrogens (primary N) is 1. The summed E-state index contributed by atoms with van der Waals surface area (Å²) in [6.07, 6.45) is 7.65. The van der Waals surface area contributed by atoms with Crippen LogP contribution in [-0.2, 0) is 0 Å². The van der Waals surface area contributed by atoms with Crippen LogP contribution in [0.4, 0.5) is 15.9 Å². The second kappa shape index (κ2) is 7.46. The van der Waals surface area contributed by atoms with Gasteiger partial charge in [0.25, 0.3) is 0 Å². The number of hydrogen-bond acceptors (Lipinski definition) is 8. The molecule has 1 atom stereocenters. The molecule has 2 aliphatic rings. The second-order valence-corrected chi connectivity index (χ2v) is 9.70. The Bertz CT molecular complexity index is 1390. The Morgan fingerprint density at radius 1 is 1.27 bits per heavy atom. The quantitative estimate of drug-likeness (QED) is 0.378. The SMILES string of the molecule is CNc1cc(F)cc2c1[nH]c1nc(Oc3cncc(SC)c3)nc(N3C[C@H](N)C4(CC4)C3)c12. The molecule has 1 spiro atoms. The number of aromatic amines is 1. The molecule has 0 unspecified atom stereocenters. The molecule has 3 aromatic heterocycles. The zero-order valence-corrected chi connectivity index (χ0v) is 19.2. The molecule has 4 heterocycles. The number of nitrogens with one attached hydrogen (secondary N) is 2. The Morgan fingerprint density at radius 2 is 2.12 bits per heavy atom. The molecule has 1 saturated heterocycles. The number of H-pyrrole nitrogens is 1. The standard InChI is InChI=1S/C23H24FN7OS/c1-26-16-6-12(24)5-15-18-20(28-19(15)16)29-22(32-13-7-14(33-2)9-27-8-13)30-21(18)31-10-17(25)23(11-31)3-4-23/h5-9,17,26H,3-4,10-11,25H2,1-2H3,(H,28,29,30)/t17-/m0/s1. The summed E-state index contributed by atoms with van der Waals surface area (Å²) < 4.78 is 20.5. The molecule has 1 saturated carbocycles. The van der Waals surface area contributed by atoms with E-state index in [0.717, 1.165) is 40.6 Å². The molecule has 33 heavy (non-hydrogen) atoms. The number of hydrogen-bond donors (Lipinski definition) is 3. The highest BCUT2D eigenvalue weighted by Gasteiger charge is 2.54. The highest BCUT2D eigenvalue weighted by molar-refractivity contribution is 7.98. The zero-order valence-electron chi connectivity index (χ0n) is 18.4. The molecule has 1 aliphatic carbocycles. The third kappa shape index (κ3) is 3.36. The van der Waals surface area contributed by atoms with Crippen molar-refractivity contribution in [1.29, 1.82) is 0 Å². The molecule has 4 N–H and O–H groups in total. The maximum absolute atomic E-state index is 14.5.